The van der Waals surface area contributed by atoms with Crippen molar-refractivity contribution in [1.82, 2.24) is 9.78 Å². The molecule has 1 aromatic heterocycles. The van der Waals surface area contributed by atoms with Gasteiger partial charge in [0.25, 0.3) is 0 Å². The Morgan fingerprint density at radius 3 is 2.14 bits per heavy atom. The molecule has 0 aliphatic carbocycles. The van der Waals surface area contributed by atoms with Gasteiger partial charge in [-0.15, -0.1) is 0 Å². The van der Waals surface area contributed by atoms with E-state index in [1.54, 1.807) is 6.92 Å². The van der Waals surface area contributed by atoms with E-state index in [9.17, 15) is 10.1 Å². The van der Waals surface area contributed by atoms with Crippen LogP contribution >= 0.6 is 0 Å². The maximum absolute atomic E-state index is 11.0. The number of aromatic nitrogens is 2. The Kier molecular flexibility index (Phi) is 3.97. The summed E-state index contributed by atoms with van der Waals surface area (Å²) in [7, 11) is 0. The SMILES string of the molecule is Cc1nn(C(C)c2ccc(C(C)C)cc2)c(N)c1[N+](=O)[O-]. The van der Waals surface area contributed by atoms with Gasteiger partial charge in [0, 0.05) is 0 Å². The maximum Gasteiger partial charge on any atom is 0.333 e. The number of hydrogen-bond donors (Lipinski definition) is 1. The first kappa shape index (κ1) is 15.0. The van der Waals surface area contributed by atoms with E-state index in [4.69, 9.17) is 5.73 Å². The molecule has 2 rings (SSSR count). The second-order valence-electron chi connectivity index (χ2n) is 5.52. The molecule has 1 atom stereocenters. The zero-order valence-corrected chi connectivity index (χ0v) is 12.7. The zero-order chi connectivity index (χ0) is 15.7. The number of anilines is 1. The minimum absolute atomic E-state index is 0.0953. The molecule has 0 aliphatic heterocycles. The summed E-state index contributed by atoms with van der Waals surface area (Å²) in [6.07, 6.45) is 0. The molecule has 21 heavy (non-hydrogen) atoms. The van der Waals surface area contributed by atoms with Crippen LogP contribution in [0.4, 0.5) is 11.5 Å². The largest absolute Gasteiger partial charge is 0.378 e. The molecule has 0 aliphatic rings. The molecule has 6 nitrogen and oxygen atoms in total. The number of nitrogens with two attached hydrogens (primary N) is 1. The van der Waals surface area contributed by atoms with Gasteiger partial charge in [0.05, 0.1) is 11.0 Å². The molecule has 6 heteroatoms. The Balaban J connectivity index is 2.38. The smallest absolute Gasteiger partial charge is 0.333 e. The third kappa shape index (κ3) is 2.74. The molecule has 0 saturated heterocycles. The first-order chi connectivity index (χ1) is 9.82. The summed E-state index contributed by atoms with van der Waals surface area (Å²) < 4.78 is 1.51. The second-order valence-corrected chi connectivity index (χ2v) is 5.52. The van der Waals surface area contributed by atoms with E-state index in [-0.39, 0.29) is 17.5 Å². The van der Waals surface area contributed by atoms with Gasteiger partial charge >= 0.3 is 5.69 Å². The van der Waals surface area contributed by atoms with Crippen molar-refractivity contribution in [3.8, 4) is 0 Å². The molecule has 0 bridgehead atoms. The van der Waals surface area contributed by atoms with Crippen molar-refractivity contribution >= 4 is 11.5 Å². The summed E-state index contributed by atoms with van der Waals surface area (Å²) in [5, 5.41) is 15.2. The lowest BCUT2D eigenvalue weighted by molar-refractivity contribution is -0.384. The van der Waals surface area contributed by atoms with Crippen molar-refractivity contribution < 1.29 is 4.92 Å². The zero-order valence-electron chi connectivity index (χ0n) is 12.7. The number of nitro groups is 1. The van der Waals surface area contributed by atoms with Gasteiger partial charge in [0.2, 0.25) is 5.82 Å². The van der Waals surface area contributed by atoms with E-state index >= 15 is 0 Å². The van der Waals surface area contributed by atoms with Gasteiger partial charge in [-0.3, -0.25) is 10.1 Å². The summed E-state index contributed by atoms with van der Waals surface area (Å²) in [6.45, 7) is 7.80. The molecule has 0 fully saturated rings. The average molecular weight is 288 g/mol. The summed E-state index contributed by atoms with van der Waals surface area (Å²) >= 11 is 0. The van der Waals surface area contributed by atoms with Crippen LogP contribution in [0.25, 0.3) is 0 Å². The molecule has 2 aromatic rings. The van der Waals surface area contributed by atoms with Crippen LogP contribution < -0.4 is 5.73 Å². The number of nitrogen functional groups attached to an aromatic ring is 1. The van der Waals surface area contributed by atoms with Crippen LogP contribution in [-0.2, 0) is 0 Å². The van der Waals surface area contributed by atoms with Crippen molar-refractivity contribution in [2.24, 2.45) is 0 Å². The van der Waals surface area contributed by atoms with Crippen LogP contribution in [-0.4, -0.2) is 14.7 Å². The number of nitrogens with zero attached hydrogens (tertiary/aromatic N) is 3. The molecule has 0 spiro atoms. The Morgan fingerprint density at radius 2 is 1.71 bits per heavy atom. The molecular weight excluding hydrogens is 268 g/mol. The molecule has 112 valence electrons. The van der Waals surface area contributed by atoms with Gasteiger partial charge in [-0.05, 0) is 30.9 Å². The van der Waals surface area contributed by atoms with Gasteiger partial charge in [-0.25, -0.2) is 4.68 Å². The third-order valence-corrected chi connectivity index (χ3v) is 3.72. The molecule has 1 aromatic carbocycles. The molecule has 0 amide bonds. The van der Waals surface area contributed by atoms with E-state index in [1.807, 2.05) is 19.1 Å². The molecule has 1 unspecified atom stereocenters. The highest BCUT2D eigenvalue weighted by Gasteiger charge is 2.25. The van der Waals surface area contributed by atoms with Crippen molar-refractivity contribution in [2.45, 2.75) is 39.7 Å². The summed E-state index contributed by atoms with van der Waals surface area (Å²) in [5.74, 6) is 0.561. The molecule has 0 radical (unpaired) electrons. The van der Waals surface area contributed by atoms with Crippen molar-refractivity contribution in [2.75, 3.05) is 5.73 Å². The summed E-state index contributed by atoms with van der Waals surface area (Å²) in [4.78, 5) is 10.5. The molecular formula is C15H20N4O2. The van der Waals surface area contributed by atoms with Gasteiger partial charge in [-0.1, -0.05) is 38.1 Å². The number of aryl methyl sites for hydroxylation is 1. The van der Waals surface area contributed by atoms with Crippen LogP contribution in [0.3, 0.4) is 0 Å². The molecule has 1 heterocycles. The Morgan fingerprint density at radius 1 is 1.19 bits per heavy atom. The van der Waals surface area contributed by atoms with Crippen molar-refractivity contribution in [3.63, 3.8) is 0 Å². The van der Waals surface area contributed by atoms with Crippen LogP contribution in [0.15, 0.2) is 24.3 Å². The fraction of sp³-hybridized carbons (Fsp3) is 0.400. The Bertz CT molecular complexity index is 659. The first-order valence-corrected chi connectivity index (χ1v) is 6.91. The lowest BCUT2D eigenvalue weighted by atomic mass is 10.00. The van der Waals surface area contributed by atoms with Gasteiger partial charge in [0.1, 0.15) is 5.69 Å². The number of benzene rings is 1. The monoisotopic (exact) mass is 288 g/mol. The minimum Gasteiger partial charge on any atom is -0.378 e. The number of rotatable bonds is 4. The van der Waals surface area contributed by atoms with Crippen molar-refractivity contribution in [3.05, 3.63) is 51.2 Å². The summed E-state index contributed by atoms with van der Waals surface area (Å²) in [6, 6.07) is 8.01. The van der Waals surface area contributed by atoms with Crippen LogP contribution in [0, 0.1) is 17.0 Å². The van der Waals surface area contributed by atoms with Crippen molar-refractivity contribution in [1.29, 1.82) is 0 Å². The molecule has 2 N–H and O–H groups in total. The number of hydrogen-bond acceptors (Lipinski definition) is 4. The fourth-order valence-corrected chi connectivity index (χ4v) is 2.38. The minimum atomic E-state index is -0.483. The van der Waals surface area contributed by atoms with Crippen LogP contribution in [0.1, 0.15) is 49.6 Å². The van der Waals surface area contributed by atoms with E-state index in [0.29, 0.717) is 11.6 Å². The quantitative estimate of drug-likeness (QED) is 0.689. The van der Waals surface area contributed by atoms with E-state index in [1.165, 1.54) is 10.2 Å². The van der Waals surface area contributed by atoms with Gasteiger partial charge in [-0.2, -0.15) is 5.10 Å². The highest BCUT2D eigenvalue weighted by atomic mass is 16.6. The highest BCUT2D eigenvalue weighted by molar-refractivity contribution is 5.56. The standard InChI is InChI=1S/C15H20N4O2/c1-9(2)12-5-7-13(8-6-12)11(4)18-15(16)14(19(20)21)10(3)17-18/h5-9,11H,16H2,1-4H3. The highest BCUT2D eigenvalue weighted by Crippen LogP contribution is 2.30. The van der Waals surface area contributed by atoms with Gasteiger partial charge < -0.3 is 5.73 Å². The van der Waals surface area contributed by atoms with Crippen LogP contribution in [0.2, 0.25) is 0 Å². The fourth-order valence-electron chi connectivity index (χ4n) is 2.38. The molecule has 0 saturated carbocycles. The average Bonchev–Trinajstić information content (AvgIpc) is 2.73. The Hall–Kier alpha value is -2.37. The van der Waals surface area contributed by atoms with Crippen LogP contribution in [0.5, 0.6) is 0 Å². The third-order valence-electron chi connectivity index (χ3n) is 3.72. The first-order valence-electron chi connectivity index (χ1n) is 6.91. The van der Waals surface area contributed by atoms with E-state index in [0.717, 1.165) is 5.56 Å². The maximum atomic E-state index is 11.0. The predicted molar refractivity (Wildman–Crippen MR) is 82.4 cm³/mol. The van der Waals surface area contributed by atoms with E-state index < -0.39 is 4.92 Å². The van der Waals surface area contributed by atoms with Gasteiger partial charge in [0.15, 0.2) is 0 Å². The predicted octanol–water partition coefficient (Wildman–Crippen LogP) is 3.41. The summed E-state index contributed by atoms with van der Waals surface area (Å²) in [5.41, 5.74) is 8.37. The lowest BCUT2D eigenvalue weighted by Gasteiger charge is -2.15. The normalized spacial score (nSPS) is 12.6. The lowest BCUT2D eigenvalue weighted by Crippen LogP contribution is -2.12. The topological polar surface area (TPSA) is 87.0 Å². The Labute approximate surface area is 123 Å². The van der Waals surface area contributed by atoms with E-state index in [2.05, 4.69) is 31.1 Å². The second kappa shape index (κ2) is 5.55.